The van der Waals surface area contributed by atoms with Crippen molar-refractivity contribution < 1.29 is 29.7 Å². The average molecular weight is 455 g/mol. The summed E-state index contributed by atoms with van der Waals surface area (Å²) in [7, 11) is 2.04. The zero-order valence-corrected chi connectivity index (χ0v) is 17.8. The molecule has 3 aromatic rings. The Morgan fingerprint density at radius 2 is 1.88 bits per heavy atom. The fourth-order valence-corrected chi connectivity index (χ4v) is 3.53. The molecule has 2 heterocycles. The topological polar surface area (TPSA) is 167 Å². The molecule has 1 fully saturated rings. The molecule has 1 aliphatic rings. The number of nitrogens with one attached hydrogen (secondary N) is 1. The van der Waals surface area contributed by atoms with E-state index in [4.69, 9.17) is 9.26 Å². The van der Waals surface area contributed by atoms with E-state index >= 15 is 0 Å². The quantitative estimate of drug-likeness (QED) is 0.470. The van der Waals surface area contributed by atoms with E-state index < -0.39 is 0 Å². The van der Waals surface area contributed by atoms with E-state index in [-0.39, 0.29) is 57.4 Å². The summed E-state index contributed by atoms with van der Waals surface area (Å²) in [5.74, 6) is -0.405. The second-order valence-corrected chi connectivity index (χ2v) is 7.65. The molecule has 2 aromatic carbocycles. The molecule has 1 saturated heterocycles. The zero-order chi connectivity index (χ0) is 22.7. The van der Waals surface area contributed by atoms with Crippen molar-refractivity contribution in [3.05, 3.63) is 53.1 Å². The van der Waals surface area contributed by atoms with Crippen molar-refractivity contribution in [2.45, 2.75) is 18.9 Å². The SMILES string of the molecule is CN1CCC(NC(=O)c2cc(-c3c(O)cc(O)cc3Oc3ccc(N=O)cc3)on2)CC1.[OH-]. The highest BCUT2D eigenvalue weighted by Crippen LogP contribution is 2.43. The van der Waals surface area contributed by atoms with E-state index in [1.807, 2.05) is 7.05 Å². The van der Waals surface area contributed by atoms with Crippen LogP contribution >= 0.6 is 0 Å². The van der Waals surface area contributed by atoms with Gasteiger partial charge in [-0.2, -0.15) is 0 Å². The minimum absolute atomic E-state index is 0. The molecule has 1 aliphatic heterocycles. The first-order valence-electron chi connectivity index (χ1n) is 10.1. The predicted molar refractivity (Wildman–Crippen MR) is 117 cm³/mol. The molecule has 0 saturated carbocycles. The summed E-state index contributed by atoms with van der Waals surface area (Å²) in [6, 6.07) is 9.84. The van der Waals surface area contributed by atoms with Crippen LogP contribution < -0.4 is 10.1 Å². The number of hydrogen-bond acceptors (Lipinski definition) is 10. The number of phenolic OH excluding ortho intramolecular Hbond substituents is 2. The number of aromatic hydroxyl groups is 2. The van der Waals surface area contributed by atoms with Gasteiger partial charge in [0.15, 0.2) is 11.5 Å². The Kier molecular flexibility index (Phi) is 7.26. The monoisotopic (exact) mass is 455 g/mol. The number of carbonyl (C=O) groups excluding carboxylic acids is 1. The smallest absolute Gasteiger partial charge is 0.273 e. The van der Waals surface area contributed by atoms with Crippen molar-refractivity contribution in [2.24, 2.45) is 5.18 Å². The van der Waals surface area contributed by atoms with Crippen LogP contribution in [0.15, 0.2) is 52.2 Å². The maximum atomic E-state index is 12.6. The minimum Gasteiger partial charge on any atom is -0.870 e. The third-order valence-electron chi connectivity index (χ3n) is 5.28. The van der Waals surface area contributed by atoms with Crippen molar-refractivity contribution in [3.63, 3.8) is 0 Å². The Hall–Kier alpha value is -3.96. The van der Waals surface area contributed by atoms with E-state index in [0.717, 1.165) is 32.0 Å². The van der Waals surface area contributed by atoms with Crippen LogP contribution in [0.3, 0.4) is 0 Å². The molecule has 1 amide bonds. The van der Waals surface area contributed by atoms with Crippen LogP contribution in [-0.2, 0) is 0 Å². The fourth-order valence-electron chi connectivity index (χ4n) is 3.53. The van der Waals surface area contributed by atoms with Gasteiger partial charge in [0.1, 0.15) is 34.2 Å². The lowest BCUT2D eigenvalue weighted by molar-refractivity contribution is 0.0908. The zero-order valence-electron chi connectivity index (χ0n) is 17.8. The molecular weight excluding hydrogens is 432 g/mol. The first-order chi connectivity index (χ1) is 15.4. The van der Waals surface area contributed by atoms with Crippen LogP contribution in [0.25, 0.3) is 11.3 Å². The Morgan fingerprint density at radius 3 is 2.55 bits per heavy atom. The van der Waals surface area contributed by atoms with E-state index in [1.54, 1.807) is 0 Å². The number of nitroso groups, excluding NO2 is 1. The summed E-state index contributed by atoms with van der Waals surface area (Å²) in [5, 5.41) is 30.0. The highest BCUT2D eigenvalue weighted by atomic mass is 16.5. The molecule has 1 aromatic heterocycles. The lowest BCUT2D eigenvalue weighted by atomic mass is 10.1. The second-order valence-electron chi connectivity index (χ2n) is 7.65. The first kappa shape index (κ1) is 23.7. The third-order valence-corrected chi connectivity index (χ3v) is 5.28. The maximum absolute atomic E-state index is 12.6. The average Bonchev–Trinajstić information content (AvgIpc) is 3.25. The molecule has 33 heavy (non-hydrogen) atoms. The number of phenols is 2. The van der Waals surface area contributed by atoms with Gasteiger partial charge in [-0.1, -0.05) is 5.16 Å². The van der Waals surface area contributed by atoms with Gasteiger partial charge in [-0.15, -0.1) is 4.91 Å². The summed E-state index contributed by atoms with van der Waals surface area (Å²) in [4.78, 5) is 25.4. The van der Waals surface area contributed by atoms with Gasteiger partial charge in [0, 0.05) is 24.2 Å². The largest absolute Gasteiger partial charge is 0.870 e. The molecule has 0 atom stereocenters. The highest BCUT2D eigenvalue weighted by Gasteiger charge is 2.24. The lowest BCUT2D eigenvalue weighted by Gasteiger charge is -2.29. The second kappa shape index (κ2) is 10.1. The first-order valence-corrected chi connectivity index (χ1v) is 10.1. The number of rotatable bonds is 6. The number of amides is 1. The van der Waals surface area contributed by atoms with Gasteiger partial charge in [-0.3, -0.25) is 4.79 Å². The summed E-state index contributed by atoms with van der Waals surface area (Å²) >= 11 is 0. The molecule has 11 heteroatoms. The summed E-state index contributed by atoms with van der Waals surface area (Å²) in [6.45, 7) is 1.81. The number of nitrogens with zero attached hydrogens (tertiary/aromatic N) is 3. The number of aromatic nitrogens is 1. The molecule has 0 spiro atoms. The number of piperidine rings is 1. The normalized spacial score (nSPS) is 14.3. The van der Waals surface area contributed by atoms with Gasteiger partial charge in [-0.05, 0) is 62.4 Å². The lowest BCUT2D eigenvalue weighted by Crippen LogP contribution is -2.43. The van der Waals surface area contributed by atoms with Crippen LogP contribution in [0.2, 0.25) is 0 Å². The molecule has 0 unspecified atom stereocenters. The third kappa shape index (κ3) is 5.45. The summed E-state index contributed by atoms with van der Waals surface area (Å²) in [5.41, 5.74) is 0.414. The van der Waals surface area contributed by atoms with Crippen LogP contribution in [0.5, 0.6) is 23.0 Å². The van der Waals surface area contributed by atoms with E-state index in [2.05, 4.69) is 20.6 Å². The van der Waals surface area contributed by atoms with Gasteiger partial charge in [0.25, 0.3) is 5.91 Å². The Bertz CT molecular complexity index is 1120. The minimum atomic E-state index is -0.368. The number of hydrogen-bond donors (Lipinski definition) is 3. The summed E-state index contributed by atoms with van der Waals surface area (Å²) < 4.78 is 11.1. The van der Waals surface area contributed by atoms with Gasteiger partial charge in [-0.25, -0.2) is 0 Å². The number of carbonyl (C=O) groups is 1. The van der Waals surface area contributed by atoms with Crippen LogP contribution in [0.1, 0.15) is 23.3 Å². The maximum Gasteiger partial charge on any atom is 0.273 e. The van der Waals surface area contributed by atoms with Crippen molar-refractivity contribution >= 4 is 11.6 Å². The van der Waals surface area contributed by atoms with Crippen LogP contribution in [0.4, 0.5) is 5.69 Å². The molecule has 11 nitrogen and oxygen atoms in total. The predicted octanol–water partition coefficient (Wildman–Crippen LogP) is 3.59. The van der Waals surface area contributed by atoms with Gasteiger partial charge < -0.3 is 35.2 Å². The molecule has 4 rings (SSSR count). The number of benzene rings is 2. The highest BCUT2D eigenvalue weighted by molar-refractivity contribution is 5.93. The van der Waals surface area contributed by atoms with Crippen molar-refractivity contribution in [1.82, 2.24) is 15.4 Å². The van der Waals surface area contributed by atoms with E-state index in [1.165, 1.54) is 36.4 Å². The molecule has 4 N–H and O–H groups in total. The van der Waals surface area contributed by atoms with E-state index in [9.17, 15) is 19.9 Å². The van der Waals surface area contributed by atoms with Crippen LogP contribution in [-0.4, -0.2) is 57.8 Å². The number of likely N-dealkylation sites (tertiary alicyclic amines) is 1. The van der Waals surface area contributed by atoms with Gasteiger partial charge in [0.05, 0.1) is 0 Å². The summed E-state index contributed by atoms with van der Waals surface area (Å²) in [6.07, 6.45) is 1.70. The standard InChI is InChI=1S/C22H22N4O6.H2O/c1-26-8-6-13(7-9-26)23-22(29)17-12-20(32-25-17)21-18(28)10-15(27)11-19(21)31-16-4-2-14(24-30)3-5-16;/h2-5,10-13,27-28H,6-9H2,1H3,(H,23,29);1H2/p-1. The molecule has 174 valence electrons. The molecular formula is C22H23N4O7-. The Balaban J connectivity index is 0.00000306. The molecule has 0 bridgehead atoms. The number of ether oxygens (including phenoxy) is 1. The van der Waals surface area contributed by atoms with Gasteiger partial charge >= 0.3 is 0 Å². The van der Waals surface area contributed by atoms with Crippen molar-refractivity contribution in [3.8, 4) is 34.3 Å². The van der Waals surface area contributed by atoms with Crippen molar-refractivity contribution in [1.29, 1.82) is 0 Å². The van der Waals surface area contributed by atoms with Gasteiger partial charge in [0.2, 0.25) is 0 Å². The van der Waals surface area contributed by atoms with E-state index in [0.29, 0.717) is 5.75 Å². The Morgan fingerprint density at radius 1 is 1.18 bits per heavy atom. The van der Waals surface area contributed by atoms with Crippen LogP contribution in [0, 0.1) is 4.91 Å². The Labute approximate surface area is 188 Å². The van der Waals surface area contributed by atoms with Crippen molar-refractivity contribution in [2.75, 3.05) is 20.1 Å². The molecule has 0 aliphatic carbocycles. The molecule has 0 radical (unpaired) electrons. The fraction of sp³-hybridized carbons (Fsp3) is 0.273.